The van der Waals surface area contributed by atoms with Gasteiger partial charge in [0, 0.05) is 27.6 Å². The van der Waals surface area contributed by atoms with Crippen LogP contribution in [0.2, 0.25) is 0 Å². The summed E-state index contributed by atoms with van der Waals surface area (Å²) in [6.45, 7) is 0. The van der Waals surface area contributed by atoms with Gasteiger partial charge >= 0.3 is 0 Å². The Labute approximate surface area is 247 Å². The number of phenols is 3. The number of nitrogens with zero attached hydrogens (tertiary/aromatic N) is 4. The van der Waals surface area contributed by atoms with E-state index < -0.39 is 0 Å². The smallest absolute Gasteiger partial charge is 0.151 e. The SMILES string of the molecule is COc1cc(N=Nc2ccc(N=Nc3ccc(CCc4cc(O)ccc4O)cc3)c3ccccc23)c(O)c2ccccc12. The zero-order chi connectivity index (χ0) is 29.8. The molecule has 6 aromatic carbocycles. The van der Waals surface area contributed by atoms with Crippen LogP contribution >= 0.6 is 0 Å². The standard InChI is InChI=1S/C35H28N4O4/c1-43-34-21-32(35(42)29-9-5-4-8-28(29)34)39-38-31-18-17-30(26-6-2-3-7-27(26)31)37-36-24-14-11-22(12-15-24)10-13-23-20-25(40)16-19-33(23)41/h2-9,11-12,14-21,40-42H,10,13H2,1H3. The van der Waals surface area contributed by atoms with Gasteiger partial charge in [0.15, 0.2) is 5.75 Å². The molecule has 3 N–H and O–H groups in total. The normalized spacial score (nSPS) is 11.7. The molecule has 0 aliphatic carbocycles. The van der Waals surface area contributed by atoms with Gasteiger partial charge in [-0.1, -0.05) is 60.7 Å². The molecule has 212 valence electrons. The molecule has 0 aliphatic heterocycles. The van der Waals surface area contributed by atoms with Crippen LogP contribution in [-0.2, 0) is 12.8 Å². The van der Waals surface area contributed by atoms with Crippen molar-refractivity contribution in [2.24, 2.45) is 20.5 Å². The third kappa shape index (κ3) is 5.85. The zero-order valence-corrected chi connectivity index (χ0v) is 23.3. The highest BCUT2D eigenvalue weighted by atomic mass is 16.5. The van der Waals surface area contributed by atoms with Gasteiger partial charge in [0.2, 0.25) is 0 Å². The first-order valence-corrected chi connectivity index (χ1v) is 13.7. The van der Waals surface area contributed by atoms with Crippen LogP contribution in [0.25, 0.3) is 21.5 Å². The van der Waals surface area contributed by atoms with Crippen molar-refractivity contribution in [3.05, 3.63) is 120 Å². The van der Waals surface area contributed by atoms with E-state index in [0.29, 0.717) is 52.3 Å². The third-order valence-electron chi connectivity index (χ3n) is 7.28. The number of aromatic hydroxyl groups is 3. The average molecular weight is 569 g/mol. The molecule has 0 atom stereocenters. The van der Waals surface area contributed by atoms with Gasteiger partial charge in [-0.05, 0) is 66.4 Å². The van der Waals surface area contributed by atoms with Gasteiger partial charge in [-0.3, -0.25) is 0 Å². The Bertz CT molecular complexity index is 2000. The number of ether oxygens (including phenoxy) is 1. The van der Waals surface area contributed by atoms with E-state index in [0.717, 1.165) is 21.7 Å². The maximum Gasteiger partial charge on any atom is 0.151 e. The van der Waals surface area contributed by atoms with Crippen molar-refractivity contribution >= 4 is 44.3 Å². The van der Waals surface area contributed by atoms with Crippen LogP contribution in [0.4, 0.5) is 22.7 Å². The predicted molar refractivity (Wildman–Crippen MR) is 168 cm³/mol. The lowest BCUT2D eigenvalue weighted by Gasteiger charge is -2.09. The predicted octanol–water partition coefficient (Wildman–Crippen LogP) is 9.73. The molecule has 0 bridgehead atoms. The van der Waals surface area contributed by atoms with Gasteiger partial charge in [-0.2, -0.15) is 5.11 Å². The number of methoxy groups -OCH3 is 1. The summed E-state index contributed by atoms with van der Waals surface area (Å²) in [6.07, 6.45) is 1.31. The topological polar surface area (TPSA) is 119 Å². The number of fused-ring (bicyclic) bond motifs is 2. The molecule has 6 aromatic rings. The van der Waals surface area contributed by atoms with Gasteiger partial charge in [-0.25, -0.2) is 0 Å². The molecule has 0 saturated heterocycles. The van der Waals surface area contributed by atoms with E-state index in [9.17, 15) is 15.3 Å². The van der Waals surface area contributed by atoms with Crippen molar-refractivity contribution in [3.8, 4) is 23.0 Å². The van der Waals surface area contributed by atoms with Crippen LogP contribution in [-0.4, -0.2) is 22.4 Å². The number of hydrogen-bond donors (Lipinski definition) is 3. The Morgan fingerprint density at radius 3 is 1.84 bits per heavy atom. The first kappa shape index (κ1) is 27.4. The van der Waals surface area contributed by atoms with E-state index >= 15 is 0 Å². The summed E-state index contributed by atoms with van der Waals surface area (Å²) in [4.78, 5) is 0. The molecule has 8 nitrogen and oxygen atoms in total. The molecule has 0 fully saturated rings. The van der Waals surface area contributed by atoms with Crippen molar-refractivity contribution in [2.45, 2.75) is 12.8 Å². The molecule has 0 heterocycles. The molecule has 0 radical (unpaired) electrons. The molecule has 6 rings (SSSR count). The van der Waals surface area contributed by atoms with E-state index in [-0.39, 0.29) is 17.2 Å². The Hall–Kier alpha value is -5.76. The van der Waals surface area contributed by atoms with Crippen molar-refractivity contribution < 1.29 is 20.1 Å². The average Bonchev–Trinajstić information content (AvgIpc) is 3.04. The highest BCUT2D eigenvalue weighted by Crippen LogP contribution is 2.42. The maximum atomic E-state index is 10.8. The largest absolute Gasteiger partial charge is 0.508 e. The second kappa shape index (κ2) is 12.0. The van der Waals surface area contributed by atoms with Crippen molar-refractivity contribution in [2.75, 3.05) is 7.11 Å². The maximum absolute atomic E-state index is 10.8. The molecule has 43 heavy (non-hydrogen) atoms. The minimum absolute atomic E-state index is 0.0402. The van der Waals surface area contributed by atoms with Gasteiger partial charge < -0.3 is 20.1 Å². The molecular formula is C35H28N4O4. The van der Waals surface area contributed by atoms with Gasteiger partial charge in [-0.15, -0.1) is 15.3 Å². The lowest BCUT2D eigenvalue weighted by molar-refractivity contribution is 0.418. The first-order chi connectivity index (χ1) is 21.0. The minimum Gasteiger partial charge on any atom is -0.508 e. The van der Waals surface area contributed by atoms with E-state index in [4.69, 9.17) is 4.74 Å². The molecule has 0 saturated carbocycles. The van der Waals surface area contributed by atoms with E-state index in [1.807, 2.05) is 84.9 Å². The fourth-order valence-electron chi connectivity index (χ4n) is 5.00. The molecule has 0 amide bonds. The summed E-state index contributed by atoms with van der Waals surface area (Å²) in [5, 5.41) is 51.5. The fraction of sp³-hybridized carbons (Fsp3) is 0.0857. The summed E-state index contributed by atoms with van der Waals surface area (Å²) in [7, 11) is 1.58. The Morgan fingerprint density at radius 2 is 1.16 bits per heavy atom. The number of benzene rings is 6. The molecule has 0 spiro atoms. The summed E-state index contributed by atoms with van der Waals surface area (Å²) in [5.41, 5.74) is 4.11. The lowest BCUT2D eigenvalue weighted by Crippen LogP contribution is -1.91. The van der Waals surface area contributed by atoms with Crippen molar-refractivity contribution in [3.63, 3.8) is 0 Å². The highest BCUT2D eigenvalue weighted by molar-refractivity contribution is 6.00. The van der Waals surface area contributed by atoms with Crippen LogP contribution in [0.1, 0.15) is 11.1 Å². The number of phenolic OH excluding ortho intramolecular Hbond substituents is 3. The van der Waals surface area contributed by atoms with Crippen molar-refractivity contribution in [1.29, 1.82) is 0 Å². The number of azo groups is 2. The van der Waals surface area contributed by atoms with Crippen LogP contribution in [0.3, 0.4) is 0 Å². The summed E-state index contributed by atoms with van der Waals surface area (Å²) in [6, 6.07) is 32.9. The Morgan fingerprint density at radius 1 is 0.558 bits per heavy atom. The minimum atomic E-state index is 0.0402. The van der Waals surface area contributed by atoms with E-state index in [2.05, 4.69) is 20.5 Å². The van der Waals surface area contributed by atoms with Crippen LogP contribution < -0.4 is 4.74 Å². The molecule has 0 aromatic heterocycles. The number of hydrogen-bond acceptors (Lipinski definition) is 8. The van der Waals surface area contributed by atoms with Gasteiger partial charge in [0.05, 0.1) is 24.2 Å². The quantitative estimate of drug-likeness (QED) is 0.125. The van der Waals surface area contributed by atoms with E-state index in [1.165, 1.54) is 12.1 Å². The zero-order valence-electron chi connectivity index (χ0n) is 23.3. The molecular weight excluding hydrogens is 540 g/mol. The monoisotopic (exact) mass is 568 g/mol. The highest BCUT2D eigenvalue weighted by Gasteiger charge is 2.12. The first-order valence-electron chi connectivity index (χ1n) is 13.7. The van der Waals surface area contributed by atoms with Crippen molar-refractivity contribution in [1.82, 2.24) is 0 Å². The van der Waals surface area contributed by atoms with E-state index in [1.54, 1.807) is 19.2 Å². The molecule has 0 aliphatic rings. The lowest BCUT2D eigenvalue weighted by atomic mass is 10.0. The number of rotatable bonds is 8. The molecule has 8 heteroatoms. The third-order valence-corrected chi connectivity index (χ3v) is 7.28. The van der Waals surface area contributed by atoms with Crippen LogP contribution in [0.15, 0.2) is 130 Å². The second-order valence-electron chi connectivity index (χ2n) is 10.0. The summed E-state index contributed by atoms with van der Waals surface area (Å²) in [5.74, 6) is 0.956. The van der Waals surface area contributed by atoms with Crippen LogP contribution in [0.5, 0.6) is 23.0 Å². The van der Waals surface area contributed by atoms with Gasteiger partial charge in [0.25, 0.3) is 0 Å². The molecule has 0 unspecified atom stereocenters. The number of aryl methyl sites for hydroxylation is 2. The fourth-order valence-corrected chi connectivity index (χ4v) is 5.00. The van der Waals surface area contributed by atoms with Gasteiger partial charge in [0.1, 0.15) is 22.9 Å². The second-order valence-corrected chi connectivity index (χ2v) is 10.0. The Balaban J connectivity index is 1.22. The summed E-state index contributed by atoms with van der Waals surface area (Å²) >= 11 is 0. The van der Waals surface area contributed by atoms with Crippen LogP contribution in [0, 0.1) is 0 Å². The summed E-state index contributed by atoms with van der Waals surface area (Å²) < 4.78 is 5.52. The Kier molecular flexibility index (Phi) is 7.65.